The number of benzene rings is 1. The van der Waals surface area contributed by atoms with Gasteiger partial charge in [0.15, 0.2) is 11.5 Å². The third kappa shape index (κ3) is 3.67. The molecule has 0 fully saturated rings. The smallest absolute Gasteiger partial charge is 0.273 e. The van der Waals surface area contributed by atoms with Gasteiger partial charge in [0.25, 0.3) is 5.91 Å². The highest BCUT2D eigenvalue weighted by atomic mass is 16.5. The van der Waals surface area contributed by atoms with Gasteiger partial charge in [-0.05, 0) is 18.6 Å². The van der Waals surface area contributed by atoms with Crippen molar-refractivity contribution >= 4 is 5.91 Å². The summed E-state index contributed by atoms with van der Waals surface area (Å²) in [6, 6.07) is 14.4. The lowest BCUT2D eigenvalue weighted by atomic mass is 10.1. The minimum absolute atomic E-state index is 0.205. The summed E-state index contributed by atoms with van der Waals surface area (Å²) < 4.78 is 10.3. The molecule has 2 N–H and O–H groups in total. The van der Waals surface area contributed by atoms with E-state index < -0.39 is 6.10 Å². The second-order valence-corrected chi connectivity index (χ2v) is 5.02. The van der Waals surface area contributed by atoms with Crippen molar-refractivity contribution in [2.24, 2.45) is 0 Å². The Kier molecular flexibility index (Phi) is 4.54. The number of amides is 1. The van der Waals surface area contributed by atoms with Gasteiger partial charge in [-0.25, -0.2) is 0 Å². The van der Waals surface area contributed by atoms with E-state index in [0.29, 0.717) is 24.5 Å². The van der Waals surface area contributed by atoms with Crippen molar-refractivity contribution in [3.63, 3.8) is 0 Å². The van der Waals surface area contributed by atoms with Crippen LogP contribution >= 0.6 is 0 Å². The molecular formula is C17H16N2O4. The second-order valence-electron chi connectivity index (χ2n) is 5.02. The maximum atomic E-state index is 12.0. The van der Waals surface area contributed by atoms with Crippen molar-refractivity contribution < 1.29 is 18.8 Å². The first kappa shape index (κ1) is 15.1. The molecule has 0 radical (unpaired) electrons. The van der Waals surface area contributed by atoms with Gasteiger partial charge in [-0.2, -0.15) is 0 Å². The van der Waals surface area contributed by atoms with Crippen molar-refractivity contribution in [1.82, 2.24) is 10.5 Å². The van der Waals surface area contributed by atoms with Crippen molar-refractivity contribution in [2.45, 2.75) is 12.5 Å². The van der Waals surface area contributed by atoms with Crippen LogP contribution in [-0.4, -0.2) is 22.7 Å². The molecule has 6 heteroatoms. The third-order valence-corrected chi connectivity index (χ3v) is 3.38. The molecule has 0 saturated heterocycles. The zero-order valence-corrected chi connectivity index (χ0v) is 12.3. The summed E-state index contributed by atoms with van der Waals surface area (Å²) in [6.07, 6.45) is 1.10. The van der Waals surface area contributed by atoms with Crippen LogP contribution in [0.2, 0.25) is 0 Å². The van der Waals surface area contributed by atoms with E-state index in [0.717, 1.165) is 5.56 Å². The summed E-state index contributed by atoms with van der Waals surface area (Å²) >= 11 is 0. The Morgan fingerprint density at radius 2 is 2.04 bits per heavy atom. The topological polar surface area (TPSA) is 88.5 Å². The second kappa shape index (κ2) is 6.93. The van der Waals surface area contributed by atoms with E-state index in [1.807, 2.05) is 30.3 Å². The van der Waals surface area contributed by atoms with Gasteiger partial charge in [-0.15, -0.1) is 0 Å². The van der Waals surface area contributed by atoms with E-state index in [9.17, 15) is 9.90 Å². The molecule has 0 unspecified atom stereocenters. The van der Waals surface area contributed by atoms with E-state index in [2.05, 4.69) is 10.5 Å². The Bertz CT molecular complexity index is 750. The zero-order chi connectivity index (χ0) is 16.1. The molecule has 1 aromatic carbocycles. The SMILES string of the molecule is O=C(NCC[C@@H](O)c1ccco1)c1cc(-c2ccccc2)on1. The van der Waals surface area contributed by atoms with Gasteiger partial charge >= 0.3 is 0 Å². The summed E-state index contributed by atoms with van der Waals surface area (Å²) in [4.78, 5) is 12.0. The Morgan fingerprint density at radius 3 is 2.78 bits per heavy atom. The van der Waals surface area contributed by atoms with Crippen LogP contribution in [0.1, 0.15) is 28.8 Å². The molecule has 0 saturated carbocycles. The van der Waals surface area contributed by atoms with Crippen molar-refractivity contribution in [1.29, 1.82) is 0 Å². The number of hydrogen-bond donors (Lipinski definition) is 2. The maximum absolute atomic E-state index is 12.0. The molecule has 0 aliphatic heterocycles. The van der Waals surface area contributed by atoms with Gasteiger partial charge in [0.2, 0.25) is 0 Å². The minimum atomic E-state index is -0.748. The molecular weight excluding hydrogens is 296 g/mol. The first-order chi connectivity index (χ1) is 11.2. The van der Waals surface area contributed by atoms with Gasteiger partial charge in [0.1, 0.15) is 11.9 Å². The summed E-state index contributed by atoms with van der Waals surface area (Å²) in [5.74, 6) is 0.668. The predicted molar refractivity (Wildman–Crippen MR) is 82.6 cm³/mol. The van der Waals surface area contributed by atoms with Crippen molar-refractivity contribution in [2.75, 3.05) is 6.54 Å². The number of aromatic nitrogens is 1. The highest BCUT2D eigenvalue weighted by Crippen LogP contribution is 2.20. The fourth-order valence-electron chi connectivity index (χ4n) is 2.16. The average Bonchev–Trinajstić information content (AvgIpc) is 3.27. The molecule has 3 aromatic rings. The largest absolute Gasteiger partial charge is 0.467 e. The molecule has 6 nitrogen and oxygen atoms in total. The van der Waals surface area contributed by atoms with Gasteiger partial charge in [0, 0.05) is 18.2 Å². The van der Waals surface area contributed by atoms with Crippen LogP contribution in [0.15, 0.2) is 63.7 Å². The Labute approximate surface area is 132 Å². The van der Waals surface area contributed by atoms with Crippen LogP contribution in [0, 0.1) is 0 Å². The molecule has 0 bridgehead atoms. The van der Waals surface area contributed by atoms with Gasteiger partial charge in [-0.1, -0.05) is 35.5 Å². The van der Waals surface area contributed by atoms with Crippen LogP contribution in [0.4, 0.5) is 0 Å². The lowest BCUT2D eigenvalue weighted by molar-refractivity contribution is 0.0927. The number of furan rings is 1. The number of carbonyl (C=O) groups excluding carboxylic acids is 1. The molecule has 3 rings (SSSR count). The van der Waals surface area contributed by atoms with Gasteiger partial charge < -0.3 is 19.4 Å². The van der Waals surface area contributed by atoms with Crippen LogP contribution in [-0.2, 0) is 0 Å². The first-order valence-electron chi connectivity index (χ1n) is 7.26. The lowest BCUT2D eigenvalue weighted by Crippen LogP contribution is -2.25. The number of nitrogens with zero attached hydrogens (tertiary/aromatic N) is 1. The Balaban J connectivity index is 1.54. The summed E-state index contributed by atoms with van der Waals surface area (Å²) in [6.45, 7) is 0.300. The standard InChI is InChI=1S/C17H16N2O4/c20-14(15-7-4-10-22-15)8-9-18-17(21)13-11-16(23-19-13)12-5-2-1-3-6-12/h1-7,10-11,14,20H,8-9H2,(H,18,21)/t14-/m1/s1. The fraction of sp³-hybridized carbons (Fsp3) is 0.176. The molecule has 0 spiro atoms. The van der Waals surface area contributed by atoms with Crippen molar-refractivity contribution in [3.8, 4) is 11.3 Å². The van der Waals surface area contributed by atoms with E-state index in [-0.39, 0.29) is 11.6 Å². The highest BCUT2D eigenvalue weighted by Gasteiger charge is 2.15. The molecule has 0 aliphatic carbocycles. The quantitative estimate of drug-likeness (QED) is 0.730. The number of aliphatic hydroxyl groups excluding tert-OH is 1. The molecule has 2 heterocycles. The minimum Gasteiger partial charge on any atom is -0.467 e. The zero-order valence-electron chi connectivity index (χ0n) is 12.3. The monoisotopic (exact) mass is 312 g/mol. The Morgan fingerprint density at radius 1 is 1.22 bits per heavy atom. The first-order valence-corrected chi connectivity index (χ1v) is 7.26. The summed E-state index contributed by atoms with van der Waals surface area (Å²) in [5, 5.41) is 16.3. The normalized spacial score (nSPS) is 12.0. The number of carbonyl (C=O) groups is 1. The van der Waals surface area contributed by atoms with E-state index >= 15 is 0 Å². The number of nitrogens with one attached hydrogen (secondary N) is 1. The summed E-state index contributed by atoms with van der Waals surface area (Å²) in [5.41, 5.74) is 1.06. The number of rotatable bonds is 6. The highest BCUT2D eigenvalue weighted by molar-refractivity contribution is 5.93. The Hall–Kier alpha value is -2.86. The van der Waals surface area contributed by atoms with E-state index in [1.54, 1.807) is 18.2 Å². The predicted octanol–water partition coefficient (Wildman–Crippen LogP) is 2.79. The molecule has 2 aromatic heterocycles. The molecule has 0 aliphatic rings. The van der Waals surface area contributed by atoms with E-state index in [4.69, 9.17) is 8.94 Å². The van der Waals surface area contributed by atoms with E-state index in [1.165, 1.54) is 6.26 Å². The summed E-state index contributed by atoms with van der Waals surface area (Å²) in [7, 11) is 0. The van der Waals surface area contributed by atoms with Crippen LogP contribution in [0.3, 0.4) is 0 Å². The van der Waals surface area contributed by atoms with Crippen LogP contribution in [0.25, 0.3) is 11.3 Å². The molecule has 1 amide bonds. The van der Waals surface area contributed by atoms with Crippen molar-refractivity contribution in [3.05, 3.63) is 66.2 Å². The van der Waals surface area contributed by atoms with Crippen LogP contribution < -0.4 is 5.32 Å². The van der Waals surface area contributed by atoms with Gasteiger partial charge in [0.05, 0.1) is 6.26 Å². The lowest BCUT2D eigenvalue weighted by Gasteiger charge is -2.07. The third-order valence-electron chi connectivity index (χ3n) is 3.38. The maximum Gasteiger partial charge on any atom is 0.273 e. The van der Waals surface area contributed by atoms with Gasteiger partial charge in [-0.3, -0.25) is 4.79 Å². The van der Waals surface area contributed by atoms with Crippen LogP contribution in [0.5, 0.6) is 0 Å². The molecule has 1 atom stereocenters. The fourth-order valence-corrected chi connectivity index (χ4v) is 2.16. The number of hydrogen-bond acceptors (Lipinski definition) is 5. The molecule has 118 valence electrons. The molecule has 23 heavy (non-hydrogen) atoms. The number of aliphatic hydroxyl groups is 1. The average molecular weight is 312 g/mol.